The lowest BCUT2D eigenvalue weighted by molar-refractivity contribution is -0.141. The molecule has 1 rings (SSSR count). The van der Waals surface area contributed by atoms with Gasteiger partial charge in [-0.1, -0.05) is 34.1 Å². The van der Waals surface area contributed by atoms with Crippen LogP contribution in [0.2, 0.25) is 6.32 Å². The van der Waals surface area contributed by atoms with Crippen molar-refractivity contribution in [2.24, 2.45) is 5.41 Å². The molecule has 1 aromatic heterocycles. The second-order valence-corrected chi connectivity index (χ2v) is 7.58. The van der Waals surface area contributed by atoms with Gasteiger partial charge in [0.25, 0.3) is 0 Å². The molecule has 0 radical (unpaired) electrons. The fraction of sp³-hybridized carbons (Fsp3) is 0.706. The summed E-state index contributed by atoms with van der Waals surface area (Å²) in [5.41, 5.74) is -0.557. The van der Waals surface area contributed by atoms with E-state index in [4.69, 9.17) is 4.65 Å². The number of hydrogen-bond acceptors (Lipinski definition) is 2. The summed E-state index contributed by atoms with van der Waals surface area (Å²) >= 11 is 0. The zero-order valence-corrected chi connectivity index (χ0v) is 15.1. The number of rotatable bonds is 5. The Hall–Kier alpha value is -1.04. The van der Waals surface area contributed by atoms with Crippen molar-refractivity contribution >= 4 is 12.4 Å². The fourth-order valence-electron chi connectivity index (χ4n) is 2.11. The fourth-order valence-corrected chi connectivity index (χ4v) is 2.11. The number of alkyl halides is 3. The highest BCUT2D eigenvalue weighted by molar-refractivity contribution is 6.67. The summed E-state index contributed by atoms with van der Waals surface area (Å²) < 4.78 is 45.3. The minimum atomic E-state index is -4.45. The third-order valence-corrected chi connectivity index (χ3v) is 4.43. The molecule has 6 heteroatoms. The topological polar surface area (TPSA) is 22.1 Å². The maximum Gasteiger partial charge on any atom is 0.433 e. The van der Waals surface area contributed by atoms with Gasteiger partial charge in [-0.15, -0.1) is 0 Å². The van der Waals surface area contributed by atoms with E-state index in [1.165, 1.54) is 0 Å². The van der Waals surface area contributed by atoms with Crippen molar-refractivity contribution in [3.8, 4) is 0 Å². The van der Waals surface area contributed by atoms with Crippen LogP contribution in [0, 0.1) is 12.3 Å². The number of hydrogen-bond donors (Lipinski definition) is 0. The molecule has 0 saturated carbocycles. The van der Waals surface area contributed by atoms with Crippen LogP contribution in [0.3, 0.4) is 0 Å². The lowest BCUT2D eigenvalue weighted by Crippen LogP contribution is -2.48. The highest BCUT2D eigenvalue weighted by Crippen LogP contribution is 2.34. The van der Waals surface area contributed by atoms with Crippen molar-refractivity contribution < 1.29 is 17.8 Å². The van der Waals surface area contributed by atoms with Gasteiger partial charge in [0.2, 0.25) is 0 Å². The Morgan fingerprint density at radius 3 is 2.09 bits per heavy atom. The van der Waals surface area contributed by atoms with Crippen LogP contribution in [0.25, 0.3) is 0 Å². The normalized spacial score (nSPS) is 13.3. The first-order valence-corrected chi connectivity index (χ1v) is 8.01. The standard InChI is InChI=1S/C17H27BF3NO/c1-8-9-18(23-16(6,7)15(3,4)5)13-10-12(2)22-14(11-13)17(19,20)21/h10-11H,8-9H2,1-7H3. The van der Waals surface area contributed by atoms with Crippen LogP contribution in [-0.4, -0.2) is 17.5 Å². The minimum absolute atomic E-state index is 0.131. The molecule has 0 aliphatic heterocycles. The number of aromatic nitrogens is 1. The molecular formula is C17H27BF3NO. The first-order chi connectivity index (χ1) is 10.3. The van der Waals surface area contributed by atoms with E-state index in [-0.39, 0.29) is 12.3 Å². The first-order valence-electron chi connectivity index (χ1n) is 8.01. The van der Waals surface area contributed by atoms with Gasteiger partial charge in [0.15, 0.2) is 0 Å². The van der Waals surface area contributed by atoms with Crippen molar-refractivity contribution in [2.75, 3.05) is 0 Å². The molecule has 0 unspecified atom stereocenters. The largest absolute Gasteiger partial charge is 0.433 e. The van der Waals surface area contributed by atoms with Crippen LogP contribution in [0.15, 0.2) is 12.1 Å². The monoisotopic (exact) mass is 329 g/mol. The lowest BCUT2D eigenvalue weighted by atomic mass is 9.56. The van der Waals surface area contributed by atoms with Gasteiger partial charge in [0.05, 0.1) is 5.60 Å². The summed E-state index contributed by atoms with van der Waals surface area (Å²) in [5.74, 6) is 0. The van der Waals surface area contributed by atoms with Gasteiger partial charge in [0.1, 0.15) is 5.69 Å². The molecule has 0 amide bonds. The number of nitrogens with zero attached hydrogens (tertiary/aromatic N) is 1. The SMILES string of the molecule is CCCB(OC(C)(C)C(C)(C)C)c1cc(C)nc(C(F)(F)F)c1. The summed E-state index contributed by atoms with van der Waals surface area (Å²) in [6, 6.07) is 2.81. The predicted molar refractivity (Wildman–Crippen MR) is 89.1 cm³/mol. The molecule has 0 spiro atoms. The zero-order chi connectivity index (χ0) is 18.1. The van der Waals surface area contributed by atoms with Crippen molar-refractivity contribution in [1.29, 1.82) is 0 Å². The Morgan fingerprint density at radius 1 is 1.09 bits per heavy atom. The quantitative estimate of drug-likeness (QED) is 0.720. The molecule has 0 saturated heterocycles. The van der Waals surface area contributed by atoms with Gasteiger partial charge in [-0.2, -0.15) is 13.2 Å². The molecule has 0 atom stereocenters. The zero-order valence-electron chi connectivity index (χ0n) is 15.1. The highest BCUT2D eigenvalue weighted by atomic mass is 19.4. The predicted octanol–water partition coefficient (Wildman–Crippen LogP) is 4.86. The molecule has 1 aromatic rings. The Balaban J connectivity index is 3.23. The van der Waals surface area contributed by atoms with Crippen molar-refractivity contribution in [1.82, 2.24) is 4.98 Å². The molecule has 130 valence electrons. The molecule has 0 bridgehead atoms. The highest BCUT2D eigenvalue weighted by Gasteiger charge is 2.39. The lowest BCUT2D eigenvalue weighted by Gasteiger charge is -2.41. The van der Waals surface area contributed by atoms with E-state index in [9.17, 15) is 13.2 Å². The molecular weight excluding hydrogens is 302 g/mol. The third kappa shape index (κ3) is 5.23. The van der Waals surface area contributed by atoms with E-state index in [0.717, 1.165) is 12.5 Å². The van der Waals surface area contributed by atoms with Crippen LogP contribution in [-0.2, 0) is 10.8 Å². The summed E-state index contributed by atoms with van der Waals surface area (Å²) in [5, 5.41) is 0. The van der Waals surface area contributed by atoms with E-state index in [1.54, 1.807) is 13.0 Å². The van der Waals surface area contributed by atoms with E-state index in [1.807, 2.05) is 20.8 Å². The van der Waals surface area contributed by atoms with Gasteiger partial charge in [-0.25, -0.2) is 4.98 Å². The Morgan fingerprint density at radius 2 is 1.65 bits per heavy atom. The molecule has 0 N–H and O–H groups in total. The Kier molecular flexibility index (Phi) is 5.95. The summed E-state index contributed by atoms with van der Waals surface area (Å²) in [6.45, 7) is 13.4. The van der Waals surface area contributed by atoms with Crippen LogP contribution in [0.4, 0.5) is 13.2 Å². The number of halogens is 3. The molecule has 0 fully saturated rings. The van der Waals surface area contributed by atoms with E-state index in [0.29, 0.717) is 17.5 Å². The number of pyridine rings is 1. The first kappa shape index (κ1) is 20.0. The van der Waals surface area contributed by atoms with E-state index >= 15 is 0 Å². The van der Waals surface area contributed by atoms with Crippen molar-refractivity contribution in [3.05, 3.63) is 23.5 Å². The molecule has 0 aliphatic carbocycles. The Labute approximate surface area is 137 Å². The molecule has 1 heterocycles. The average Bonchev–Trinajstić information content (AvgIpc) is 2.34. The summed E-state index contributed by atoms with van der Waals surface area (Å²) in [4.78, 5) is 3.61. The van der Waals surface area contributed by atoms with Crippen LogP contribution >= 0.6 is 0 Å². The second-order valence-electron chi connectivity index (χ2n) is 7.58. The molecule has 0 aliphatic rings. The molecule has 23 heavy (non-hydrogen) atoms. The van der Waals surface area contributed by atoms with Crippen LogP contribution in [0.1, 0.15) is 59.4 Å². The summed E-state index contributed by atoms with van der Waals surface area (Å²) in [7, 11) is 0. The van der Waals surface area contributed by atoms with Gasteiger partial charge < -0.3 is 4.65 Å². The molecule has 0 aromatic carbocycles. The third-order valence-electron chi connectivity index (χ3n) is 4.43. The van der Waals surface area contributed by atoms with Crippen LogP contribution < -0.4 is 5.46 Å². The van der Waals surface area contributed by atoms with E-state index < -0.39 is 17.5 Å². The molecule has 2 nitrogen and oxygen atoms in total. The minimum Gasteiger partial charge on any atom is -0.426 e. The van der Waals surface area contributed by atoms with Gasteiger partial charge >= 0.3 is 13.1 Å². The number of aryl methyl sites for hydroxylation is 1. The van der Waals surface area contributed by atoms with Crippen molar-refractivity contribution in [2.45, 2.75) is 73.0 Å². The van der Waals surface area contributed by atoms with Gasteiger partial charge in [-0.05, 0) is 50.1 Å². The maximum absolute atomic E-state index is 13.0. The Bertz CT molecular complexity index is 536. The van der Waals surface area contributed by atoms with Gasteiger partial charge in [-0.3, -0.25) is 0 Å². The van der Waals surface area contributed by atoms with Crippen molar-refractivity contribution in [3.63, 3.8) is 0 Å². The second kappa shape index (κ2) is 6.84. The van der Waals surface area contributed by atoms with E-state index in [2.05, 4.69) is 25.8 Å². The maximum atomic E-state index is 13.0. The smallest absolute Gasteiger partial charge is 0.426 e. The van der Waals surface area contributed by atoms with Crippen LogP contribution in [0.5, 0.6) is 0 Å². The summed E-state index contributed by atoms with van der Waals surface area (Å²) in [6.07, 6.45) is -2.95. The average molecular weight is 329 g/mol. The van der Waals surface area contributed by atoms with Gasteiger partial charge in [0, 0.05) is 5.69 Å².